The third-order valence-corrected chi connectivity index (χ3v) is 3.22. The summed E-state index contributed by atoms with van der Waals surface area (Å²) in [5, 5.41) is 20.5. The Kier molecular flexibility index (Phi) is 6.15. The third-order valence-electron chi connectivity index (χ3n) is 3.22. The Morgan fingerprint density at radius 3 is 1.85 bits per heavy atom. The van der Waals surface area contributed by atoms with E-state index in [1.807, 2.05) is 6.92 Å². The Morgan fingerprint density at radius 1 is 0.885 bits per heavy atom. The lowest BCUT2D eigenvalue weighted by molar-refractivity contribution is -0.118. The van der Waals surface area contributed by atoms with Crippen LogP contribution in [0.4, 0.5) is 5.69 Å². The molecule has 2 aromatic rings. The van der Waals surface area contributed by atoms with Gasteiger partial charge >= 0.3 is 11.9 Å². The van der Waals surface area contributed by atoms with Gasteiger partial charge in [0.1, 0.15) is 11.5 Å². The molecule has 8 nitrogen and oxygen atoms in total. The van der Waals surface area contributed by atoms with E-state index in [4.69, 9.17) is 19.7 Å². The fourth-order valence-corrected chi connectivity index (χ4v) is 2.09. The average Bonchev–Trinajstić information content (AvgIpc) is 2.61. The molecular weight excluding hydrogens is 342 g/mol. The molecule has 0 atom stereocenters. The van der Waals surface area contributed by atoms with Gasteiger partial charge in [0.25, 0.3) is 5.91 Å². The normalized spacial score (nSPS) is 10.0. The Hall–Kier alpha value is -3.55. The van der Waals surface area contributed by atoms with Crippen molar-refractivity contribution in [3.63, 3.8) is 0 Å². The molecule has 0 saturated carbocycles. The number of amides is 1. The molecule has 0 fully saturated rings. The summed E-state index contributed by atoms with van der Waals surface area (Å²) in [6.07, 6.45) is 0. The molecule has 0 spiro atoms. The predicted molar refractivity (Wildman–Crippen MR) is 92.1 cm³/mol. The summed E-state index contributed by atoms with van der Waals surface area (Å²) in [6.45, 7) is 2.08. The number of aromatic carboxylic acids is 2. The molecule has 0 aliphatic carbocycles. The number of ether oxygens (including phenoxy) is 2. The van der Waals surface area contributed by atoms with Crippen molar-refractivity contribution in [2.45, 2.75) is 6.92 Å². The van der Waals surface area contributed by atoms with Crippen LogP contribution in [0.2, 0.25) is 0 Å². The van der Waals surface area contributed by atoms with Crippen molar-refractivity contribution in [2.24, 2.45) is 0 Å². The van der Waals surface area contributed by atoms with E-state index in [-0.39, 0.29) is 23.4 Å². The molecule has 0 aliphatic rings. The zero-order valence-corrected chi connectivity index (χ0v) is 13.9. The minimum atomic E-state index is -1.30. The van der Waals surface area contributed by atoms with E-state index < -0.39 is 17.8 Å². The Labute approximate surface area is 149 Å². The molecule has 26 heavy (non-hydrogen) atoms. The molecule has 0 bridgehead atoms. The van der Waals surface area contributed by atoms with Gasteiger partial charge < -0.3 is 25.0 Å². The molecule has 8 heteroatoms. The summed E-state index contributed by atoms with van der Waals surface area (Å²) in [5.41, 5.74) is -0.428. The van der Waals surface area contributed by atoms with Gasteiger partial charge in [0.15, 0.2) is 6.61 Å². The number of hydrogen-bond donors (Lipinski definition) is 3. The van der Waals surface area contributed by atoms with Crippen LogP contribution in [-0.4, -0.2) is 41.3 Å². The van der Waals surface area contributed by atoms with Crippen LogP contribution in [0.1, 0.15) is 27.6 Å². The largest absolute Gasteiger partial charge is 0.494 e. The smallest absolute Gasteiger partial charge is 0.335 e. The van der Waals surface area contributed by atoms with Gasteiger partial charge in [0, 0.05) is 5.69 Å². The SMILES string of the molecule is CCOc1ccc(OCC(=O)Nc2cc(C(=O)O)cc(C(=O)O)c2)cc1. The molecule has 0 aliphatic heterocycles. The lowest BCUT2D eigenvalue weighted by Crippen LogP contribution is -2.20. The van der Waals surface area contributed by atoms with E-state index >= 15 is 0 Å². The number of anilines is 1. The van der Waals surface area contributed by atoms with Gasteiger partial charge in [-0.25, -0.2) is 9.59 Å². The molecule has 2 rings (SSSR count). The van der Waals surface area contributed by atoms with Crippen molar-refractivity contribution in [1.82, 2.24) is 0 Å². The molecular formula is C18H17NO7. The van der Waals surface area contributed by atoms with Crippen molar-refractivity contribution in [2.75, 3.05) is 18.5 Å². The van der Waals surface area contributed by atoms with E-state index in [1.165, 1.54) is 12.1 Å². The first-order valence-electron chi connectivity index (χ1n) is 7.66. The maximum atomic E-state index is 12.0. The van der Waals surface area contributed by atoms with E-state index in [9.17, 15) is 14.4 Å². The zero-order valence-electron chi connectivity index (χ0n) is 13.9. The third kappa shape index (κ3) is 5.23. The number of rotatable bonds is 8. The van der Waals surface area contributed by atoms with Crippen molar-refractivity contribution >= 4 is 23.5 Å². The molecule has 0 aromatic heterocycles. The van der Waals surface area contributed by atoms with Crippen LogP contribution < -0.4 is 14.8 Å². The van der Waals surface area contributed by atoms with Gasteiger partial charge in [-0.1, -0.05) is 0 Å². The maximum Gasteiger partial charge on any atom is 0.335 e. The molecule has 0 radical (unpaired) electrons. The van der Waals surface area contributed by atoms with E-state index in [0.29, 0.717) is 18.1 Å². The van der Waals surface area contributed by atoms with Crippen LogP contribution in [0.25, 0.3) is 0 Å². The number of carbonyl (C=O) groups excluding carboxylic acids is 1. The number of hydrogen-bond acceptors (Lipinski definition) is 5. The maximum absolute atomic E-state index is 12.0. The lowest BCUT2D eigenvalue weighted by atomic mass is 10.1. The molecule has 3 N–H and O–H groups in total. The number of carboxylic acids is 2. The Balaban J connectivity index is 2.00. The second-order valence-electron chi connectivity index (χ2n) is 5.15. The zero-order chi connectivity index (χ0) is 19.1. The van der Waals surface area contributed by atoms with Crippen LogP contribution in [-0.2, 0) is 4.79 Å². The molecule has 1 amide bonds. The van der Waals surface area contributed by atoms with E-state index in [0.717, 1.165) is 6.07 Å². The summed E-state index contributed by atoms with van der Waals surface area (Å²) in [6, 6.07) is 10.0. The van der Waals surface area contributed by atoms with Crippen molar-refractivity contribution < 1.29 is 34.1 Å². The summed E-state index contributed by atoms with van der Waals surface area (Å²) >= 11 is 0. The molecule has 0 saturated heterocycles. The van der Waals surface area contributed by atoms with Crippen LogP contribution in [0.15, 0.2) is 42.5 Å². The minimum Gasteiger partial charge on any atom is -0.494 e. The van der Waals surface area contributed by atoms with Crippen LogP contribution in [0.5, 0.6) is 11.5 Å². The van der Waals surface area contributed by atoms with Gasteiger partial charge in [-0.2, -0.15) is 0 Å². The predicted octanol–water partition coefficient (Wildman–Crippen LogP) is 2.50. The van der Waals surface area contributed by atoms with Crippen molar-refractivity contribution in [1.29, 1.82) is 0 Å². The highest BCUT2D eigenvalue weighted by atomic mass is 16.5. The second kappa shape index (κ2) is 8.52. The highest BCUT2D eigenvalue weighted by Crippen LogP contribution is 2.18. The van der Waals surface area contributed by atoms with Gasteiger partial charge in [0.2, 0.25) is 0 Å². The standard InChI is InChI=1S/C18H17NO7/c1-2-25-14-3-5-15(6-4-14)26-10-16(20)19-13-8-11(17(21)22)7-12(9-13)18(23)24/h3-9H,2,10H2,1H3,(H,19,20)(H,21,22)(H,23,24). The van der Waals surface area contributed by atoms with Crippen LogP contribution >= 0.6 is 0 Å². The Morgan fingerprint density at radius 2 is 1.38 bits per heavy atom. The second-order valence-corrected chi connectivity index (χ2v) is 5.15. The molecule has 0 heterocycles. The number of nitrogens with one attached hydrogen (secondary N) is 1. The average molecular weight is 359 g/mol. The quantitative estimate of drug-likeness (QED) is 0.662. The Bertz CT molecular complexity index is 783. The highest BCUT2D eigenvalue weighted by molar-refractivity contribution is 5.98. The van der Waals surface area contributed by atoms with Crippen LogP contribution in [0.3, 0.4) is 0 Å². The van der Waals surface area contributed by atoms with Crippen LogP contribution in [0, 0.1) is 0 Å². The first-order chi connectivity index (χ1) is 12.4. The summed E-state index contributed by atoms with van der Waals surface area (Å²) < 4.78 is 10.6. The molecule has 136 valence electrons. The fourth-order valence-electron chi connectivity index (χ4n) is 2.09. The van der Waals surface area contributed by atoms with E-state index in [1.54, 1.807) is 24.3 Å². The van der Waals surface area contributed by atoms with Crippen molar-refractivity contribution in [3.05, 3.63) is 53.6 Å². The van der Waals surface area contributed by atoms with E-state index in [2.05, 4.69) is 5.32 Å². The number of carbonyl (C=O) groups is 3. The van der Waals surface area contributed by atoms with Gasteiger partial charge in [-0.3, -0.25) is 4.79 Å². The first-order valence-corrected chi connectivity index (χ1v) is 7.66. The minimum absolute atomic E-state index is 0.0580. The van der Waals surface area contributed by atoms with Gasteiger partial charge in [-0.15, -0.1) is 0 Å². The molecule has 0 unspecified atom stereocenters. The number of carboxylic acid groups (broad SMARTS) is 2. The monoisotopic (exact) mass is 359 g/mol. The van der Waals surface area contributed by atoms with Gasteiger partial charge in [-0.05, 0) is 49.4 Å². The topological polar surface area (TPSA) is 122 Å². The summed E-state index contributed by atoms with van der Waals surface area (Å²) in [7, 11) is 0. The summed E-state index contributed by atoms with van der Waals surface area (Å²) in [4.78, 5) is 34.1. The fraction of sp³-hybridized carbons (Fsp3) is 0.167. The van der Waals surface area contributed by atoms with Crippen molar-refractivity contribution in [3.8, 4) is 11.5 Å². The summed E-state index contributed by atoms with van der Waals surface area (Å²) in [5.74, 6) is -2.02. The molecule has 2 aromatic carbocycles. The highest BCUT2D eigenvalue weighted by Gasteiger charge is 2.13. The first kappa shape index (κ1) is 18.8. The lowest BCUT2D eigenvalue weighted by Gasteiger charge is -2.10. The van der Waals surface area contributed by atoms with Gasteiger partial charge in [0.05, 0.1) is 17.7 Å². The number of benzene rings is 2.